The molecule has 0 radical (unpaired) electrons. The largest absolute Gasteiger partial charge is 0.393 e. The summed E-state index contributed by atoms with van der Waals surface area (Å²) in [5.41, 5.74) is 2.18. The zero-order valence-corrected chi connectivity index (χ0v) is 14.1. The van der Waals surface area contributed by atoms with Crippen LogP contribution in [0.2, 0.25) is 0 Å². The fourth-order valence-corrected chi connectivity index (χ4v) is 3.11. The Morgan fingerprint density at radius 3 is 2.44 bits per heavy atom. The van der Waals surface area contributed by atoms with Gasteiger partial charge in [0.05, 0.1) is 12.5 Å². The summed E-state index contributed by atoms with van der Waals surface area (Å²) in [4.78, 5) is 14.6. The topological polar surface area (TPSA) is 52.6 Å². The first-order chi connectivity index (χ1) is 12.1. The summed E-state index contributed by atoms with van der Waals surface area (Å²) in [6, 6.07) is 14.0. The van der Waals surface area contributed by atoms with Crippen LogP contribution in [0.4, 0.5) is 10.1 Å². The van der Waals surface area contributed by atoms with Gasteiger partial charge in [-0.25, -0.2) is 4.39 Å². The zero-order valence-electron chi connectivity index (χ0n) is 14.1. The van der Waals surface area contributed by atoms with Crippen molar-refractivity contribution in [2.75, 3.05) is 18.4 Å². The van der Waals surface area contributed by atoms with Crippen LogP contribution in [0.1, 0.15) is 24.0 Å². The van der Waals surface area contributed by atoms with Gasteiger partial charge in [-0.3, -0.25) is 9.69 Å². The van der Waals surface area contributed by atoms with Crippen LogP contribution in [0.3, 0.4) is 0 Å². The smallest absolute Gasteiger partial charge is 0.228 e. The Balaban J connectivity index is 1.64. The number of aliphatic hydroxyl groups is 1. The van der Waals surface area contributed by atoms with Crippen LogP contribution in [0.15, 0.2) is 48.5 Å². The van der Waals surface area contributed by atoms with Crippen LogP contribution in [0.5, 0.6) is 0 Å². The van der Waals surface area contributed by atoms with Crippen molar-refractivity contribution in [1.29, 1.82) is 0 Å². The van der Waals surface area contributed by atoms with Crippen LogP contribution in [-0.4, -0.2) is 35.1 Å². The monoisotopic (exact) mass is 342 g/mol. The van der Waals surface area contributed by atoms with Gasteiger partial charge in [0.25, 0.3) is 0 Å². The summed E-state index contributed by atoms with van der Waals surface area (Å²) in [5.74, 6) is -0.593. The van der Waals surface area contributed by atoms with Gasteiger partial charge in [-0.1, -0.05) is 36.4 Å². The molecule has 1 saturated heterocycles. The molecule has 132 valence electrons. The number of rotatable bonds is 5. The van der Waals surface area contributed by atoms with Crippen molar-refractivity contribution < 1.29 is 14.3 Å². The maximum absolute atomic E-state index is 13.7. The number of amides is 1. The second-order valence-corrected chi connectivity index (χ2v) is 6.48. The highest BCUT2D eigenvalue weighted by Gasteiger charge is 2.18. The fraction of sp³-hybridized carbons (Fsp3) is 0.350. The number of nitrogens with zero attached hydrogens (tertiary/aromatic N) is 1. The van der Waals surface area contributed by atoms with Gasteiger partial charge in [0.2, 0.25) is 5.91 Å². The maximum atomic E-state index is 13.7. The minimum atomic E-state index is -0.363. The molecule has 1 fully saturated rings. The Bertz CT molecular complexity index is 727. The summed E-state index contributed by atoms with van der Waals surface area (Å²) in [6.07, 6.45) is 1.37. The lowest BCUT2D eigenvalue weighted by Crippen LogP contribution is -2.35. The van der Waals surface area contributed by atoms with Crippen LogP contribution < -0.4 is 5.32 Å². The molecule has 0 atom stereocenters. The van der Waals surface area contributed by atoms with Gasteiger partial charge in [0, 0.05) is 25.3 Å². The summed E-state index contributed by atoms with van der Waals surface area (Å²) in [6.45, 7) is 2.42. The number of hydrogen-bond donors (Lipinski definition) is 2. The van der Waals surface area contributed by atoms with E-state index < -0.39 is 0 Å². The number of carbonyl (C=O) groups excluding carboxylic acids is 1. The fourth-order valence-electron chi connectivity index (χ4n) is 3.11. The lowest BCUT2D eigenvalue weighted by Gasteiger charge is -2.30. The molecule has 1 amide bonds. The van der Waals surface area contributed by atoms with Gasteiger partial charge in [0.1, 0.15) is 5.82 Å². The highest BCUT2D eigenvalue weighted by atomic mass is 19.1. The van der Waals surface area contributed by atoms with Crippen molar-refractivity contribution in [3.63, 3.8) is 0 Å². The maximum Gasteiger partial charge on any atom is 0.228 e. The molecule has 25 heavy (non-hydrogen) atoms. The van der Waals surface area contributed by atoms with Gasteiger partial charge < -0.3 is 10.4 Å². The van der Waals surface area contributed by atoms with E-state index >= 15 is 0 Å². The number of aliphatic hydroxyl groups excluding tert-OH is 1. The Morgan fingerprint density at radius 2 is 1.72 bits per heavy atom. The number of likely N-dealkylation sites (tertiary alicyclic amines) is 1. The van der Waals surface area contributed by atoms with Crippen molar-refractivity contribution in [2.45, 2.75) is 31.9 Å². The number of halogens is 1. The first-order valence-corrected chi connectivity index (χ1v) is 8.63. The Labute approximate surface area is 147 Å². The van der Waals surface area contributed by atoms with E-state index in [2.05, 4.69) is 10.2 Å². The predicted octanol–water partition coefficient (Wildman–Crippen LogP) is 2.96. The average molecular weight is 342 g/mol. The second-order valence-electron chi connectivity index (χ2n) is 6.48. The van der Waals surface area contributed by atoms with Crippen LogP contribution in [0, 0.1) is 5.82 Å². The Morgan fingerprint density at radius 1 is 1.08 bits per heavy atom. The molecule has 4 nitrogen and oxygen atoms in total. The first kappa shape index (κ1) is 17.6. The standard InChI is InChI=1S/C20H23FN2O2/c21-18-7-3-1-5-15(18)13-20(25)22-19-8-4-2-6-16(19)14-23-11-9-17(24)10-12-23/h1-8,17,24H,9-14H2,(H,22,25). The number of carbonyl (C=O) groups is 1. The van der Waals surface area contributed by atoms with Crippen molar-refractivity contribution >= 4 is 11.6 Å². The van der Waals surface area contributed by atoms with E-state index in [-0.39, 0.29) is 24.2 Å². The van der Waals surface area contributed by atoms with E-state index in [1.54, 1.807) is 18.2 Å². The van der Waals surface area contributed by atoms with Gasteiger partial charge in [-0.2, -0.15) is 0 Å². The third-order valence-electron chi connectivity index (χ3n) is 4.55. The minimum Gasteiger partial charge on any atom is -0.393 e. The van der Waals surface area contributed by atoms with Gasteiger partial charge in [-0.05, 0) is 36.1 Å². The van der Waals surface area contributed by atoms with E-state index in [4.69, 9.17) is 0 Å². The minimum absolute atomic E-state index is 0.0108. The van der Waals surface area contributed by atoms with Gasteiger partial charge >= 0.3 is 0 Å². The highest BCUT2D eigenvalue weighted by Crippen LogP contribution is 2.20. The third-order valence-corrected chi connectivity index (χ3v) is 4.55. The van der Waals surface area contributed by atoms with E-state index in [0.29, 0.717) is 5.56 Å². The lowest BCUT2D eigenvalue weighted by molar-refractivity contribution is -0.115. The number of hydrogen-bond acceptors (Lipinski definition) is 3. The lowest BCUT2D eigenvalue weighted by atomic mass is 10.1. The highest BCUT2D eigenvalue weighted by molar-refractivity contribution is 5.93. The average Bonchev–Trinajstić information content (AvgIpc) is 2.61. The molecule has 0 spiro atoms. The molecule has 0 unspecified atom stereocenters. The second kappa shape index (κ2) is 8.23. The van der Waals surface area contributed by atoms with Crippen molar-refractivity contribution in [3.8, 4) is 0 Å². The third kappa shape index (κ3) is 4.87. The predicted molar refractivity (Wildman–Crippen MR) is 95.7 cm³/mol. The Kier molecular flexibility index (Phi) is 5.79. The summed E-state index contributed by atoms with van der Waals surface area (Å²) < 4.78 is 13.7. The van der Waals surface area contributed by atoms with Crippen molar-refractivity contribution in [2.24, 2.45) is 0 Å². The SMILES string of the molecule is O=C(Cc1ccccc1F)Nc1ccccc1CN1CCC(O)CC1. The van der Waals surface area contributed by atoms with Crippen molar-refractivity contribution in [1.82, 2.24) is 4.90 Å². The number of para-hydroxylation sites is 1. The normalized spacial score (nSPS) is 15.9. The first-order valence-electron chi connectivity index (χ1n) is 8.63. The molecule has 0 aromatic heterocycles. The molecule has 5 heteroatoms. The molecule has 0 saturated carbocycles. The van der Waals surface area contributed by atoms with Crippen LogP contribution in [-0.2, 0) is 17.8 Å². The molecule has 3 rings (SSSR count). The molecule has 2 aromatic carbocycles. The molecule has 1 aliphatic rings. The van der Waals surface area contributed by atoms with Gasteiger partial charge in [-0.15, -0.1) is 0 Å². The molecule has 0 bridgehead atoms. The number of piperidine rings is 1. The number of anilines is 1. The molecule has 0 aliphatic carbocycles. The van der Waals surface area contributed by atoms with E-state index in [1.807, 2.05) is 24.3 Å². The van der Waals surface area contributed by atoms with E-state index in [1.165, 1.54) is 6.07 Å². The summed E-state index contributed by atoms with van der Waals surface area (Å²) >= 11 is 0. The van der Waals surface area contributed by atoms with Crippen LogP contribution in [0.25, 0.3) is 0 Å². The van der Waals surface area contributed by atoms with E-state index in [9.17, 15) is 14.3 Å². The molecular formula is C20H23FN2O2. The molecule has 1 aliphatic heterocycles. The quantitative estimate of drug-likeness (QED) is 0.878. The van der Waals surface area contributed by atoms with Crippen molar-refractivity contribution in [3.05, 3.63) is 65.5 Å². The number of benzene rings is 2. The molecule has 2 N–H and O–H groups in total. The Hall–Kier alpha value is -2.24. The van der Waals surface area contributed by atoms with Gasteiger partial charge in [0.15, 0.2) is 0 Å². The molecular weight excluding hydrogens is 319 g/mol. The zero-order chi connectivity index (χ0) is 17.6. The van der Waals surface area contributed by atoms with Crippen LogP contribution >= 0.6 is 0 Å². The molecule has 1 heterocycles. The number of nitrogens with one attached hydrogen (secondary N) is 1. The van der Waals surface area contributed by atoms with E-state index in [0.717, 1.165) is 43.7 Å². The summed E-state index contributed by atoms with van der Waals surface area (Å²) in [5, 5.41) is 12.5. The molecule has 2 aromatic rings. The summed E-state index contributed by atoms with van der Waals surface area (Å²) in [7, 11) is 0.